The van der Waals surface area contributed by atoms with Crippen LogP contribution >= 0.6 is 12.4 Å². The minimum atomic E-state index is -0.292. The monoisotopic (exact) mass is 401 g/mol. The maximum atomic E-state index is 13.0. The molecule has 1 aliphatic heterocycles. The number of nitrogens with zero attached hydrogens (tertiary/aromatic N) is 1. The van der Waals surface area contributed by atoms with Crippen LogP contribution in [-0.4, -0.2) is 30.3 Å². The molecule has 0 atom stereocenters. The average Bonchev–Trinajstić information content (AvgIpc) is 2.93. The SMILES string of the molecule is Cl.O=C(CCCN1CCCC2(CC1)Cc1ccccc1C2)c1ccc(F)cc1. The summed E-state index contributed by atoms with van der Waals surface area (Å²) >= 11 is 0. The Kier molecular flexibility index (Phi) is 6.90. The van der Waals surface area contributed by atoms with Gasteiger partial charge in [-0.1, -0.05) is 24.3 Å². The van der Waals surface area contributed by atoms with Crippen molar-refractivity contribution in [1.82, 2.24) is 4.90 Å². The molecular formula is C24H29ClFNO. The Morgan fingerprint density at radius 1 is 0.964 bits per heavy atom. The molecule has 1 spiro atoms. The first-order valence-electron chi connectivity index (χ1n) is 10.2. The van der Waals surface area contributed by atoms with Crippen molar-refractivity contribution in [1.29, 1.82) is 0 Å². The average molecular weight is 402 g/mol. The van der Waals surface area contributed by atoms with Crippen molar-refractivity contribution in [3.05, 3.63) is 71.0 Å². The standard InChI is InChI=1S/C24H28FNO.ClH/c25-22-10-8-19(9-11-22)23(27)7-3-14-26-15-4-12-24(13-16-26)17-20-5-1-2-6-21(20)18-24;/h1-2,5-6,8-11H,3-4,7,12-18H2;1H. The van der Waals surface area contributed by atoms with E-state index in [9.17, 15) is 9.18 Å². The summed E-state index contributed by atoms with van der Waals surface area (Å²) in [5.74, 6) is -0.174. The van der Waals surface area contributed by atoms with Crippen LogP contribution in [0.2, 0.25) is 0 Å². The second-order valence-electron chi connectivity index (χ2n) is 8.35. The fourth-order valence-corrected chi connectivity index (χ4v) is 4.90. The molecule has 28 heavy (non-hydrogen) atoms. The lowest BCUT2D eigenvalue weighted by Gasteiger charge is -2.27. The Bertz CT molecular complexity index is 780. The summed E-state index contributed by atoms with van der Waals surface area (Å²) in [4.78, 5) is 14.8. The lowest BCUT2D eigenvalue weighted by molar-refractivity contribution is 0.0974. The molecule has 2 aromatic rings. The zero-order valence-electron chi connectivity index (χ0n) is 16.3. The van der Waals surface area contributed by atoms with E-state index < -0.39 is 0 Å². The molecule has 0 radical (unpaired) electrons. The van der Waals surface area contributed by atoms with Crippen molar-refractivity contribution in [3.63, 3.8) is 0 Å². The van der Waals surface area contributed by atoms with Crippen molar-refractivity contribution in [2.75, 3.05) is 19.6 Å². The van der Waals surface area contributed by atoms with Crippen molar-refractivity contribution < 1.29 is 9.18 Å². The molecule has 2 aromatic carbocycles. The first kappa shape index (κ1) is 21.0. The number of fused-ring (bicyclic) bond motifs is 1. The van der Waals surface area contributed by atoms with E-state index in [0.717, 1.165) is 26.1 Å². The summed E-state index contributed by atoms with van der Waals surface area (Å²) in [5.41, 5.74) is 4.18. The topological polar surface area (TPSA) is 20.3 Å². The summed E-state index contributed by atoms with van der Waals surface area (Å²) in [5, 5.41) is 0. The van der Waals surface area contributed by atoms with Gasteiger partial charge in [-0.3, -0.25) is 4.79 Å². The number of hydrogen-bond donors (Lipinski definition) is 0. The van der Waals surface area contributed by atoms with Crippen molar-refractivity contribution >= 4 is 18.2 Å². The summed E-state index contributed by atoms with van der Waals surface area (Å²) in [6, 6.07) is 14.8. The van der Waals surface area contributed by atoms with Gasteiger partial charge in [0, 0.05) is 12.0 Å². The number of likely N-dealkylation sites (tertiary alicyclic amines) is 1. The smallest absolute Gasteiger partial charge is 0.162 e. The molecule has 1 heterocycles. The molecule has 4 heteroatoms. The maximum absolute atomic E-state index is 13.0. The molecule has 2 aliphatic rings. The Morgan fingerprint density at radius 2 is 1.64 bits per heavy atom. The van der Waals surface area contributed by atoms with Crippen molar-refractivity contribution in [2.45, 2.75) is 44.9 Å². The molecule has 2 nitrogen and oxygen atoms in total. The van der Waals surface area contributed by atoms with Crippen LogP contribution in [0, 0.1) is 11.2 Å². The van der Waals surface area contributed by atoms with E-state index in [-0.39, 0.29) is 24.0 Å². The highest BCUT2D eigenvalue weighted by atomic mass is 35.5. The van der Waals surface area contributed by atoms with E-state index in [1.807, 2.05) is 0 Å². The molecule has 1 aliphatic carbocycles. The van der Waals surface area contributed by atoms with Crippen LogP contribution in [0.15, 0.2) is 48.5 Å². The third kappa shape index (κ3) is 4.82. The van der Waals surface area contributed by atoms with Gasteiger partial charge in [0.2, 0.25) is 0 Å². The predicted molar refractivity (Wildman–Crippen MR) is 114 cm³/mol. The normalized spacial score (nSPS) is 18.3. The second kappa shape index (κ2) is 9.19. The molecule has 150 valence electrons. The number of Topliss-reactive ketones (excluding diaryl/α,β-unsaturated/α-hetero) is 1. The van der Waals surface area contributed by atoms with Crippen LogP contribution in [0.5, 0.6) is 0 Å². The highest BCUT2D eigenvalue weighted by molar-refractivity contribution is 5.95. The highest BCUT2D eigenvalue weighted by Gasteiger charge is 2.37. The molecule has 0 N–H and O–H groups in total. The number of benzene rings is 2. The minimum absolute atomic E-state index is 0. The van der Waals surface area contributed by atoms with Gasteiger partial charge >= 0.3 is 0 Å². The molecule has 4 rings (SSSR count). The lowest BCUT2D eigenvalue weighted by Crippen LogP contribution is -2.28. The molecule has 1 fully saturated rings. The third-order valence-electron chi connectivity index (χ3n) is 6.43. The van der Waals surface area contributed by atoms with Gasteiger partial charge in [-0.25, -0.2) is 4.39 Å². The maximum Gasteiger partial charge on any atom is 0.162 e. The lowest BCUT2D eigenvalue weighted by atomic mass is 9.78. The van der Waals surface area contributed by atoms with E-state index in [2.05, 4.69) is 29.2 Å². The van der Waals surface area contributed by atoms with Crippen molar-refractivity contribution in [3.8, 4) is 0 Å². The molecule has 0 bridgehead atoms. The van der Waals surface area contributed by atoms with E-state index in [1.165, 1.54) is 44.2 Å². The van der Waals surface area contributed by atoms with E-state index in [1.54, 1.807) is 23.3 Å². The second-order valence-corrected chi connectivity index (χ2v) is 8.35. The van der Waals surface area contributed by atoms with Crippen LogP contribution in [0.4, 0.5) is 4.39 Å². The minimum Gasteiger partial charge on any atom is -0.303 e. The number of rotatable bonds is 5. The first-order valence-corrected chi connectivity index (χ1v) is 10.2. The molecular weight excluding hydrogens is 373 g/mol. The van der Waals surface area contributed by atoms with E-state index >= 15 is 0 Å². The molecule has 1 saturated heterocycles. The first-order chi connectivity index (χ1) is 13.1. The third-order valence-corrected chi connectivity index (χ3v) is 6.43. The van der Waals surface area contributed by atoms with Crippen LogP contribution in [0.3, 0.4) is 0 Å². The van der Waals surface area contributed by atoms with E-state index in [4.69, 9.17) is 0 Å². The van der Waals surface area contributed by atoms with Crippen LogP contribution in [-0.2, 0) is 12.8 Å². The van der Waals surface area contributed by atoms with Gasteiger partial charge in [-0.05, 0) is 99.0 Å². The summed E-state index contributed by atoms with van der Waals surface area (Å²) in [7, 11) is 0. The van der Waals surface area contributed by atoms with E-state index in [0.29, 0.717) is 17.4 Å². The zero-order valence-corrected chi connectivity index (χ0v) is 17.1. The predicted octanol–water partition coefficient (Wildman–Crippen LogP) is 5.48. The number of ketones is 1. The number of carbonyl (C=O) groups is 1. The Labute approximate surface area is 173 Å². The summed E-state index contributed by atoms with van der Waals surface area (Å²) in [6.07, 6.45) is 7.71. The van der Waals surface area contributed by atoms with Crippen LogP contribution in [0.25, 0.3) is 0 Å². The highest BCUT2D eigenvalue weighted by Crippen LogP contribution is 2.44. The fraction of sp³-hybridized carbons (Fsp3) is 0.458. The number of hydrogen-bond acceptors (Lipinski definition) is 2. The van der Waals surface area contributed by atoms with Gasteiger partial charge in [0.05, 0.1) is 0 Å². The molecule has 0 amide bonds. The van der Waals surface area contributed by atoms with Gasteiger partial charge in [0.15, 0.2) is 5.78 Å². The Balaban J connectivity index is 0.00000225. The number of halogens is 2. The fourth-order valence-electron chi connectivity index (χ4n) is 4.90. The molecule has 0 unspecified atom stereocenters. The zero-order chi connectivity index (χ0) is 18.7. The largest absolute Gasteiger partial charge is 0.303 e. The van der Waals surface area contributed by atoms with Crippen LogP contribution in [0.1, 0.15) is 53.6 Å². The number of carbonyl (C=O) groups excluding carboxylic acids is 1. The van der Waals surface area contributed by atoms with Gasteiger partial charge in [-0.2, -0.15) is 0 Å². The van der Waals surface area contributed by atoms with Gasteiger partial charge in [-0.15, -0.1) is 12.4 Å². The Morgan fingerprint density at radius 3 is 2.32 bits per heavy atom. The van der Waals surface area contributed by atoms with Crippen molar-refractivity contribution in [2.24, 2.45) is 5.41 Å². The summed E-state index contributed by atoms with van der Waals surface area (Å²) in [6.45, 7) is 3.26. The summed E-state index contributed by atoms with van der Waals surface area (Å²) < 4.78 is 13.0. The quantitative estimate of drug-likeness (QED) is 0.618. The molecule has 0 saturated carbocycles. The van der Waals surface area contributed by atoms with Gasteiger partial charge in [0.25, 0.3) is 0 Å². The van der Waals surface area contributed by atoms with Crippen LogP contribution < -0.4 is 0 Å². The Hall–Kier alpha value is -1.71. The van der Waals surface area contributed by atoms with Gasteiger partial charge < -0.3 is 4.90 Å². The van der Waals surface area contributed by atoms with Gasteiger partial charge in [0.1, 0.15) is 5.82 Å². The molecule has 0 aromatic heterocycles.